The maximum Gasteiger partial charge on any atom is 0.224 e. The van der Waals surface area contributed by atoms with Gasteiger partial charge in [0.05, 0.1) is 5.41 Å². The number of rotatable bonds is 7. The molecule has 0 rings (SSSR count). The quantitative estimate of drug-likeness (QED) is 0.710. The Labute approximate surface area is 99.6 Å². The lowest BCUT2D eigenvalue weighted by molar-refractivity contribution is -0.125. The molecule has 0 aromatic heterocycles. The molecule has 0 radical (unpaired) electrons. The number of carbonyl (C=O) groups is 1. The van der Waals surface area contributed by atoms with E-state index in [0.29, 0.717) is 12.5 Å². The molecule has 0 unspecified atom stereocenters. The molecular weight excluding hydrogens is 212 g/mol. The van der Waals surface area contributed by atoms with Gasteiger partial charge in [-0.25, -0.2) is 0 Å². The van der Waals surface area contributed by atoms with Crippen LogP contribution in [0.25, 0.3) is 0 Å². The molecule has 0 spiro atoms. The Hall–Kier alpha value is -0.280. The van der Waals surface area contributed by atoms with Gasteiger partial charge in [-0.05, 0) is 26.3 Å². The molecule has 0 aromatic carbocycles. The van der Waals surface area contributed by atoms with Gasteiger partial charge in [0.15, 0.2) is 0 Å². The van der Waals surface area contributed by atoms with Crippen LogP contribution in [0.1, 0.15) is 40.5 Å². The molecule has 0 saturated heterocycles. The molecule has 3 nitrogen and oxygen atoms in total. The number of primary amides is 1. The summed E-state index contributed by atoms with van der Waals surface area (Å²) in [6, 6.07) is 0. The standard InChI is InChI=1S/C11H24N2O.ClH/c1-5-9(6-2)7-13-8-11(3,4)10(12)14;/h9,13H,5-8H2,1-4H3,(H2,12,14);1H. The Balaban J connectivity index is 0. The van der Waals surface area contributed by atoms with Crippen LogP contribution in [0, 0.1) is 11.3 Å². The van der Waals surface area contributed by atoms with Crippen molar-refractivity contribution < 1.29 is 4.79 Å². The van der Waals surface area contributed by atoms with Crippen molar-refractivity contribution in [1.29, 1.82) is 0 Å². The summed E-state index contributed by atoms with van der Waals surface area (Å²) < 4.78 is 0. The first-order valence-electron chi connectivity index (χ1n) is 5.44. The van der Waals surface area contributed by atoms with Crippen molar-refractivity contribution in [1.82, 2.24) is 5.32 Å². The van der Waals surface area contributed by atoms with E-state index in [1.165, 1.54) is 12.8 Å². The van der Waals surface area contributed by atoms with E-state index in [1.54, 1.807) is 0 Å². The molecule has 0 aliphatic carbocycles. The van der Waals surface area contributed by atoms with Crippen molar-refractivity contribution in [2.24, 2.45) is 17.1 Å². The first kappa shape index (κ1) is 17.1. The van der Waals surface area contributed by atoms with Crippen molar-refractivity contribution in [2.75, 3.05) is 13.1 Å². The fourth-order valence-corrected chi connectivity index (χ4v) is 1.25. The molecule has 0 saturated carbocycles. The van der Waals surface area contributed by atoms with Crippen LogP contribution in [0.5, 0.6) is 0 Å². The highest BCUT2D eigenvalue weighted by molar-refractivity contribution is 5.85. The number of hydrogen-bond acceptors (Lipinski definition) is 2. The summed E-state index contributed by atoms with van der Waals surface area (Å²) in [4.78, 5) is 11.0. The largest absolute Gasteiger partial charge is 0.369 e. The average Bonchev–Trinajstić information content (AvgIpc) is 2.12. The van der Waals surface area contributed by atoms with E-state index in [0.717, 1.165) is 6.54 Å². The van der Waals surface area contributed by atoms with Crippen molar-refractivity contribution in [3.05, 3.63) is 0 Å². The number of halogens is 1. The highest BCUT2D eigenvalue weighted by Crippen LogP contribution is 2.12. The minimum atomic E-state index is -0.438. The summed E-state index contributed by atoms with van der Waals surface area (Å²) in [6.07, 6.45) is 2.36. The predicted molar refractivity (Wildman–Crippen MR) is 67.2 cm³/mol. The third kappa shape index (κ3) is 6.74. The van der Waals surface area contributed by atoms with Crippen LogP contribution < -0.4 is 11.1 Å². The van der Waals surface area contributed by atoms with Gasteiger partial charge in [0.1, 0.15) is 0 Å². The molecule has 15 heavy (non-hydrogen) atoms. The molecule has 0 aliphatic rings. The molecule has 0 aromatic rings. The third-order valence-corrected chi connectivity index (χ3v) is 2.82. The van der Waals surface area contributed by atoms with Gasteiger partial charge in [-0.1, -0.05) is 26.7 Å². The summed E-state index contributed by atoms with van der Waals surface area (Å²) in [6.45, 7) is 9.76. The topological polar surface area (TPSA) is 55.1 Å². The van der Waals surface area contributed by atoms with Crippen molar-refractivity contribution in [3.8, 4) is 0 Å². The maximum atomic E-state index is 11.0. The van der Waals surface area contributed by atoms with Crippen molar-refractivity contribution in [3.63, 3.8) is 0 Å². The molecule has 3 N–H and O–H groups in total. The normalized spacial score (nSPS) is 11.3. The molecule has 1 amide bonds. The van der Waals surface area contributed by atoms with Gasteiger partial charge in [-0.15, -0.1) is 12.4 Å². The third-order valence-electron chi connectivity index (χ3n) is 2.82. The van der Waals surface area contributed by atoms with Gasteiger partial charge < -0.3 is 11.1 Å². The second kappa shape index (κ2) is 7.94. The summed E-state index contributed by atoms with van der Waals surface area (Å²) in [7, 11) is 0. The molecular formula is C11H25ClN2O. The van der Waals surface area contributed by atoms with Crippen molar-refractivity contribution >= 4 is 18.3 Å². The van der Waals surface area contributed by atoms with Crippen LogP contribution in [0.15, 0.2) is 0 Å². The van der Waals surface area contributed by atoms with Gasteiger partial charge in [0.2, 0.25) is 5.91 Å². The minimum absolute atomic E-state index is 0. The summed E-state index contributed by atoms with van der Waals surface area (Å²) in [5.74, 6) is 0.466. The van der Waals surface area contributed by atoms with Crippen LogP contribution in [0.4, 0.5) is 0 Å². The van der Waals surface area contributed by atoms with E-state index < -0.39 is 5.41 Å². The fourth-order valence-electron chi connectivity index (χ4n) is 1.25. The Kier molecular flexibility index (Phi) is 9.07. The van der Waals surface area contributed by atoms with E-state index in [9.17, 15) is 4.79 Å². The monoisotopic (exact) mass is 236 g/mol. The Morgan fingerprint density at radius 3 is 2.13 bits per heavy atom. The Bertz CT molecular complexity index is 179. The summed E-state index contributed by atoms with van der Waals surface area (Å²) in [5.41, 5.74) is 4.83. The van der Waals surface area contributed by atoms with E-state index >= 15 is 0 Å². The van der Waals surface area contributed by atoms with Gasteiger partial charge in [-0.3, -0.25) is 4.79 Å². The molecule has 0 atom stereocenters. The van der Waals surface area contributed by atoms with Gasteiger partial charge in [-0.2, -0.15) is 0 Å². The molecule has 4 heteroatoms. The van der Waals surface area contributed by atoms with Gasteiger partial charge in [0.25, 0.3) is 0 Å². The highest BCUT2D eigenvalue weighted by atomic mass is 35.5. The van der Waals surface area contributed by atoms with E-state index in [-0.39, 0.29) is 18.3 Å². The number of amides is 1. The second-order valence-electron chi connectivity index (χ2n) is 4.56. The number of nitrogens with one attached hydrogen (secondary N) is 1. The molecule has 0 fully saturated rings. The van der Waals surface area contributed by atoms with Crippen molar-refractivity contribution in [2.45, 2.75) is 40.5 Å². The Morgan fingerprint density at radius 1 is 1.33 bits per heavy atom. The number of carbonyl (C=O) groups excluding carboxylic acids is 1. The lowest BCUT2D eigenvalue weighted by Crippen LogP contribution is -2.41. The van der Waals surface area contributed by atoms with E-state index in [4.69, 9.17) is 5.73 Å². The molecule has 0 aliphatic heterocycles. The SMILES string of the molecule is CCC(CC)CNCC(C)(C)C(N)=O.Cl. The number of nitrogens with two attached hydrogens (primary N) is 1. The molecule has 0 heterocycles. The minimum Gasteiger partial charge on any atom is -0.369 e. The van der Waals surface area contributed by atoms with Crippen LogP contribution in [0.2, 0.25) is 0 Å². The predicted octanol–water partition coefficient (Wildman–Crippen LogP) is 1.95. The lowest BCUT2D eigenvalue weighted by atomic mass is 9.92. The zero-order valence-corrected chi connectivity index (χ0v) is 11.1. The van der Waals surface area contributed by atoms with E-state index in [2.05, 4.69) is 19.2 Å². The van der Waals surface area contributed by atoms with E-state index in [1.807, 2.05) is 13.8 Å². The molecule has 0 bridgehead atoms. The van der Waals surface area contributed by atoms with Gasteiger partial charge >= 0.3 is 0 Å². The first-order chi connectivity index (χ1) is 6.44. The Morgan fingerprint density at radius 2 is 1.80 bits per heavy atom. The van der Waals surface area contributed by atoms with Gasteiger partial charge in [0, 0.05) is 6.54 Å². The zero-order valence-electron chi connectivity index (χ0n) is 10.3. The first-order valence-corrected chi connectivity index (χ1v) is 5.44. The summed E-state index contributed by atoms with van der Waals surface area (Å²) in [5, 5.41) is 3.31. The lowest BCUT2D eigenvalue weighted by Gasteiger charge is -2.22. The van der Waals surface area contributed by atoms with Crippen LogP contribution in [-0.2, 0) is 4.79 Å². The second-order valence-corrected chi connectivity index (χ2v) is 4.56. The van der Waals surface area contributed by atoms with Crippen LogP contribution in [-0.4, -0.2) is 19.0 Å². The fraction of sp³-hybridized carbons (Fsp3) is 0.909. The smallest absolute Gasteiger partial charge is 0.224 e. The van der Waals surface area contributed by atoms with Crippen LogP contribution >= 0.6 is 12.4 Å². The molecule has 92 valence electrons. The average molecular weight is 237 g/mol. The van der Waals surface area contributed by atoms with Crippen LogP contribution in [0.3, 0.4) is 0 Å². The summed E-state index contributed by atoms with van der Waals surface area (Å²) >= 11 is 0. The highest BCUT2D eigenvalue weighted by Gasteiger charge is 2.24. The number of hydrogen-bond donors (Lipinski definition) is 2. The maximum absolute atomic E-state index is 11.0. The zero-order chi connectivity index (χ0) is 11.2.